The molecule has 0 saturated carbocycles. The van der Waals surface area contributed by atoms with Gasteiger partial charge in [0.1, 0.15) is 17.7 Å². The van der Waals surface area contributed by atoms with E-state index in [1.807, 2.05) is 0 Å². The summed E-state index contributed by atoms with van der Waals surface area (Å²) < 4.78 is 31.6. The fraction of sp³-hybridized carbons (Fsp3) is 0.462. The summed E-state index contributed by atoms with van der Waals surface area (Å²) in [7, 11) is 0. The molecule has 4 nitrogen and oxygen atoms in total. The van der Waals surface area contributed by atoms with E-state index in [9.17, 15) is 13.6 Å². The van der Waals surface area contributed by atoms with Crippen LogP contribution in [-0.2, 0) is 9.53 Å². The number of carbonyl (C=O) groups is 1. The minimum absolute atomic E-state index is 0.254. The van der Waals surface area contributed by atoms with Gasteiger partial charge in [-0.1, -0.05) is 6.07 Å². The molecule has 0 aliphatic carbocycles. The maximum atomic E-state index is 13.6. The highest BCUT2D eigenvalue weighted by atomic mass is 19.1. The monoisotopic (exact) mass is 270 g/mol. The van der Waals surface area contributed by atoms with Crippen molar-refractivity contribution in [3.63, 3.8) is 0 Å². The van der Waals surface area contributed by atoms with Gasteiger partial charge in [-0.15, -0.1) is 0 Å². The van der Waals surface area contributed by atoms with Crippen LogP contribution in [0.15, 0.2) is 18.2 Å². The molecule has 1 aliphatic heterocycles. The lowest BCUT2D eigenvalue weighted by Crippen LogP contribution is -2.51. The van der Waals surface area contributed by atoms with Crippen LogP contribution in [0, 0.1) is 11.6 Å². The topological polar surface area (TPSA) is 50.4 Å². The summed E-state index contributed by atoms with van der Waals surface area (Å²) in [5, 5.41) is 5.69. The molecule has 1 amide bonds. The molecule has 1 aliphatic rings. The molecular formula is C13H16F2N2O2. The van der Waals surface area contributed by atoms with Crippen molar-refractivity contribution in [2.75, 3.05) is 19.8 Å². The van der Waals surface area contributed by atoms with Gasteiger partial charge in [-0.3, -0.25) is 4.79 Å². The molecule has 2 atom stereocenters. The Kier molecular flexibility index (Phi) is 4.44. The van der Waals surface area contributed by atoms with Crippen LogP contribution in [-0.4, -0.2) is 31.7 Å². The Hall–Kier alpha value is -1.53. The number of morpholine rings is 1. The number of hydrogen-bond acceptors (Lipinski definition) is 3. The number of carbonyl (C=O) groups excluding carboxylic acids is 1. The molecule has 2 rings (SSSR count). The van der Waals surface area contributed by atoms with Crippen molar-refractivity contribution in [3.05, 3.63) is 35.4 Å². The number of benzene rings is 1. The van der Waals surface area contributed by atoms with E-state index < -0.39 is 23.7 Å². The SMILES string of the molecule is CC(NC(=O)C1COCCN1)c1ccc(F)cc1F. The fourth-order valence-electron chi connectivity index (χ4n) is 1.98. The average Bonchev–Trinajstić information content (AvgIpc) is 2.39. The van der Waals surface area contributed by atoms with E-state index in [0.717, 1.165) is 6.07 Å². The van der Waals surface area contributed by atoms with Crippen molar-refractivity contribution in [2.24, 2.45) is 0 Å². The standard InChI is InChI=1S/C13H16F2N2O2/c1-8(10-3-2-9(14)6-11(10)15)17-13(18)12-7-19-5-4-16-12/h2-3,6,8,12,16H,4-5,7H2,1H3,(H,17,18). The molecule has 6 heteroatoms. The zero-order valence-electron chi connectivity index (χ0n) is 10.6. The van der Waals surface area contributed by atoms with E-state index in [-0.39, 0.29) is 11.5 Å². The molecule has 1 fully saturated rings. The highest BCUT2D eigenvalue weighted by molar-refractivity contribution is 5.82. The van der Waals surface area contributed by atoms with Crippen LogP contribution in [0.25, 0.3) is 0 Å². The molecule has 1 saturated heterocycles. The number of rotatable bonds is 3. The third-order valence-corrected chi connectivity index (χ3v) is 3.03. The third kappa shape index (κ3) is 3.48. The molecule has 2 unspecified atom stereocenters. The first-order valence-electron chi connectivity index (χ1n) is 6.14. The molecular weight excluding hydrogens is 254 g/mol. The van der Waals surface area contributed by atoms with E-state index in [0.29, 0.717) is 19.8 Å². The summed E-state index contributed by atoms with van der Waals surface area (Å²) in [5.74, 6) is -1.56. The van der Waals surface area contributed by atoms with Crippen LogP contribution >= 0.6 is 0 Å². The first-order valence-corrected chi connectivity index (χ1v) is 6.14. The van der Waals surface area contributed by atoms with Crippen molar-refractivity contribution in [1.29, 1.82) is 0 Å². The van der Waals surface area contributed by atoms with Crippen molar-refractivity contribution in [3.8, 4) is 0 Å². The number of hydrogen-bond donors (Lipinski definition) is 2. The predicted molar refractivity (Wildman–Crippen MR) is 65.5 cm³/mol. The molecule has 0 spiro atoms. The van der Waals surface area contributed by atoms with Crippen LogP contribution in [0.2, 0.25) is 0 Å². The maximum Gasteiger partial charge on any atom is 0.240 e. The highest BCUT2D eigenvalue weighted by Gasteiger charge is 2.23. The normalized spacial score (nSPS) is 20.9. The average molecular weight is 270 g/mol. The lowest BCUT2D eigenvalue weighted by atomic mass is 10.1. The van der Waals surface area contributed by atoms with Gasteiger partial charge >= 0.3 is 0 Å². The largest absolute Gasteiger partial charge is 0.378 e. The molecule has 0 radical (unpaired) electrons. The Balaban J connectivity index is 1.99. The van der Waals surface area contributed by atoms with Crippen molar-refractivity contribution in [1.82, 2.24) is 10.6 Å². The van der Waals surface area contributed by atoms with Gasteiger partial charge in [0, 0.05) is 18.2 Å². The molecule has 104 valence electrons. The number of amides is 1. The molecule has 1 aromatic rings. The van der Waals surface area contributed by atoms with Crippen LogP contribution in [0.1, 0.15) is 18.5 Å². The molecule has 0 aromatic heterocycles. The van der Waals surface area contributed by atoms with Gasteiger partial charge in [0.15, 0.2) is 0 Å². The number of nitrogens with one attached hydrogen (secondary N) is 2. The second-order valence-electron chi connectivity index (χ2n) is 4.48. The summed E-state index contributed by atoms with van der Waals surface area (Å²) in [6.45, 7) is 3.13. The highest BCUT2D eigenvalue weighted by Crippen LogP contribution is 2.17. The molecule has 0 bridgehead atoms. The summed E-state index contributed by atoms with van der Waals surface area (Å²) in [6.07, 6.45) is 0. The summed E-state index contributed by atoms with van der Waals surface area (Å²) >= 11 is 0. The summed E-state index contributed by atoms with van der Waals surface area (Å²) in [4.78, 5) is 11.9. The molecule has 19 heavy (non-hydrogen) atoms. The zero-order chi connectivity index (χ0) is 13.8. The van der Waals surface area contributed by atoms with E-state index in [1.165, 1.54) is 12.1 Å². The van der Waals surface area contributed by atoms with E-state index in [1.54, 1.807) is 6.92 Å². The first-order chi connectivity index (χ1) is 9.08. The van der Waals surface area contributed by atoms with Gasteiger partial charge in [0.2, 0.25) is 5.91 Å². The lowest BCUT2D eigenvalue weighted by Gasteiger charge is -2.25. The summed E-state index contributed by atoms with van der Waals surface area (Å²) in [6, 6.07) is 2.35. The molecule has 1 aromatic carbocycles. The van der Waals surface area contributed by atoms with E-state index in [4.69, 9.17) is 4.74 Å². The quantitative estimate of drug-likeness (QED) is 0.865. The Morgan fingerprint density at radius 3 is 2.95 bits per heavy atom. The third-order valence-electron chi connectivity index (χ3n) is 3.03. The predicted octanol–water partition coefficient (Wildman–Crippen LogP) is 1.13. The van der Waals surface area contributed by atoms with Crippen molar-refractivity contribution < 1.29 is 18.3 Å². The van der Waals surface area contributed by atoms with Gasteiger partial charge < -0.3 is 15.4 Å². The minimum atomic E-state index is -0.666. The van der Waals surface area contributed by atoms with Crippen molar-refractivity contribution >= 4 is 5.91 Å². The Morgan fingerprint density at radius 1 is 1.53 bits per heavy atom. The smallest absolute Gasteiger partial charge is 0.240 e. The van der Waals surface area contributed by atoms with Gasteiger partial charge in [0.05, 0.1) is 19.3 Å². The Labute approximate surface area is 110 Å². The van der Waals surface area contributed by atoms with Gasteiger partial charge in [-0.2, -0.15) is 0 Å². The molecule has 1 heterocycles. The van der Waals surface area contributed by atoms with Crippen LogP contribution in [0.4, 0.5) is 8.78 Å². The van der Waals surface area contributed by atoms with E-state index >= 15 is 0 Å². The number of ether oxygens (including phenoxy) is 1. The maximum absolute atomic E-state index is 13.6. The van der Waals surface area contributed by atoms with Gasteiger partial charge in [-0.25, -0.2) is 8.78 Å². The van der Waals surface area contributed by atoms with Gasteiger partial charge in [0.25, 0.3) is 0 Å². The fourth-order valence-corrected chi connectivity index (χ4v) is 1.98. The minimum Gasteiger partial charge on any atom is -0.378 e. The number of halogens is 2. The Morgan fingerprint density at radius 2 is 2.32 bits per heavy atom. The van der Waals surface area contributed by atoms with Gasteiger partial charge in [-0.05, 0) is 13.0 Å². The second-order valence-corrected chi connectivity index (χ2v) is 4.48. The van der Waals surface area contributed by atoms with Crippen molar-refractivity contribution in [2.45, 2.75) is 19.0 Å². The second kappa shape index (κ2) is 6.08. The first kappa shape index (κ1) is 13.9. The Bertz CT molecular complexity index is 462. The molecule has 2 N–H and O–H groups in total. The van der Waals surface area contributed by atoms with E-state index in [2.05, 4.69) is 10.6 Å². The summed E-state index contributed by atoms with van der Waals surface area (Å²) in [5.41, 5.74) is 0.256. The van der Waals surface area contributed by atoms with Crippen LogP contribution < -0.4 is 10.6 Å². The van der Waals surface area contributed by atoms with Crippen LogP contribution in [0.3, 0.4) is 0 Å². The zero-order valence-corrected chi connectivity index (χ0v) is 10.6. The lowest BCUT2D eigenvalue weighted by molar-refractivity contribution is -0.126. The van der Waals surface area contributed by atoms with Crippen LogP contribution in [0.5, 0.6) is 0 Å².